The summed E-state index contributed by atoms with van der Waals surface area (Å²) in [5.41, 5.74) is 4.32. The lowest BCUT2D eigenvalue weighted by atomic mass is 10.1. The predicted octanol–water partition coefficient (Wildman–Crippen LogP) is 3.95. The van der Waals surface area contributed by atoms with Crippen molar-refractivity contribution in [2.75, 3.05) is 11.9 Å². The zero-order valence-electron chi connectivity index (χ0n) is 14.8. The number of amides is 3. The number of carbonyl (C=O) groups is 3. The molecular weight excluding hydrogens is 408 g/mol. The molecule has 27 heavy (non-hydrogen) atoms. The lowest BCUT2D eigenvalue weighted by molar-refractivity contribution is -0.116. The molecule has 2 aromatic rings. The van der Waals surface area contributed by atoms with Crippen molar-refractivity contribution >= 4 is 39.3 Å². The summed E-state index contributed by atoms with van der Waals surface area (Å²) in [6.45, 7) is 0.238. The molecule has 0 saturated heterocycles. The Kier molecular flexibility index (Phi) is 4.83. The summed E-state index contributed by atoms with van der Waals surface area (Å²) in [5.74, 6) is -0.691. The van der Waals surface area contributed by atoms with E-state index in [0.717, 1.165) is 23.0 Å². The molecule has 0 radical (unpaired) electrons. The standard InChI is InChI=1S/C21H19BrN2O3/c22-15-7-9-17-18(12-15)21(27)24(20(17)26)10-2-5-19(25)23-16-8-6-13-3-1-4-14(13)11-16/h6-9,11-12H,1-5,10H2,(H,23,25). The molecule has 1 N–H and O–H groups in total. The third kappa shape index (κ3) is 3.54. The van der Waals surface area contributed by atoms with Gasteiger partial charge in [0.1, 0.15) is 0 Å². The molecule has 0 bridgehead atoms. The third-order valence-corrected chi connectivity index (χ3v) is 5.59. The van der Waals surface area contributed by atoms with E-state index in [1.807, 2.05) is 12.1 Å². The number of rotatable bonds is 5. The molecule has 0 unspecified atom stereocenters. The number of fused-ring (bicyclic) bond motifs is 2. The minimum Gasteiger partial charge on any atom is -0.326 e. The van der Waals surface area contributed by atoms with Crippen LogP contribution in [0, 0.1) is 0 Å². The molecule has 1 aliphatic heterocycles. The maximum atomic E-state index is 12.4. The number of aryl methyl sites for hydroxylation is 2. The molecule has 6 heteroatoms. The normalized spacial score (nSPS) is 15.1. The quantitative estimate of drug-likeness (QED) is 0.735. The highest BCUT2D eigenvalue weighted by atomic mass is 79.9. The molecule has 4 rings (SSSR count). The van der Waals surface area contributed by atoms with Crippen LogP contribution < -0.4 is 5.32 Å². The van der Waals surface area contributed by atoms with E-state index in [1.165, 1.54) is 22.4 Å². The summed E-state index contributed by atoms with van der Waals surface area (Å²) in [7, 11) is 0. The van der Waals surface area contributed by atoms with Crippen LogP contribution in [0.2, 0.25) is 0 Å². The van der Waals surface area contributed by atoms with Gasteiger partial charge in [0.15, 0.2) is 0 Å². The second-order valence-electron chi connectivity index (χ2n) is 6.94. The first-order valence-corrected chi connectivity index (χ1v) is 9.89. The number of imide groups is 1. The number of nitrogens with one attached hydrogen (secondary N) is 1. The Hall–Kier alpha value is -2.47. The maximum absolute atomic E-state index is 12.4. The summed E-state index contributed by atoms with van der Waals surface area (Å²) >= 11 is 3.32. The zero-order valence-corrected chi connectivity index (χ0v) is 16.3. The molecule has 3 amide bonds. The van der Waals surface area contributed by atoms with E-state index in [1.54, 1.807) is 18.2 Å². The first kappa shape index (κ1) is 17.9. The first-order chi connectivity index (χ1) is 13.0. The first-order valence-electron chi connectivity index (χ1n) is 9.10. The van der Waals surface area contributed by atoms with Crippen LogP contribution in [0.4, 0.5) is 5.69 Å². The second-order valence-corrected chi connectivity index (χ2v) is 7.86. The second kappa shape index (κ2) is 7.27. The molecule has 1 heterocycles. The zero-order chi connectivity index (χ0) is 19.0. The number of hydrogen-bond acceptors (Lipinski definition) is 3. The molecule has 2 aliphatic rings. The van der Waals surface area contributed by atoms with E-state index in [2.05, 4.69) is 27.3 Å². The highest BCUT2D eigenvalue weighted by Crippen LogP contribution is 2.27. The summed E-state index contributed by atoms with van der Waals surface area (Å²) in [4.78, 5) is 38.2. The van der Waals surface area contributed by atoms with Gasteiger partial charge in [-0.2, -0.15) is 0 Å². The molecule has 5 nitrogen and oxygen atoms in total. The lowest BCUT2D eigenvalue weighted by Crippen LogP contribution is -2.31. The molecule has 0 saturated carbocycles. The van der Waals surface area contributed by atoms with Gasteiger partial charge in [0, 0.05) is 23.1 Å². The molecule has 0 atom stereocenters. The molecule has 138 valence electrons. The summed E-state index contributed by atoms with van der Waals surface area (Å²) in [6, 6.07) is 11.1. The van der Waals surface area contributed by atoms with Gasteiger partial charge in [0.05, 0.1) is 11.1 Å². The van der Waals surface area contributed by atoms with Crippen LogP contribution >= 0.6 is 15.9 Å². The predicted molar refractivity (Wildman–Crippen MR) is 106 cm³/mol. The van der Waals surface area contributed by atoms with Gasteiger partial charge in [-0.25, -0.2) is 0 Å². The van der Waals surface area contributed by atoms with Gasteiger partial charge in [-0.1, -0.05) is 22.0 Å². The fourth-order valence-electron chi connectivity index (χ4n) is 3.74. The van der Waals surface area contributed by atoms with Gasteiger partial charge in [-0.15, -0.1) is 0 Å². The molecular formula is C21H19BrN2O3. The Balaban J connectivity index is 1.32. The maximum Gasteiger partial charge on any atom is 0.261 e. The van der Waals surface area contributed by atoms with E-state index < -0.39 is 0 Å². The summed E-state index contributed by atoms with van der Waals surface area (Å²) in [6.07, 6.45) is 4.04. The van der Waals surface area contributed by atoms with Crippen LogP contribution in [-0.2, 0) is 17.6 Å². The minimum atomic E-state index is -0.296. The van der Waals surface area contributed by atoms with Gasteiger partial charge in [0.25, 0.3) is 11.8 Å². The number of anilines is 1. The van der Waals surface area contributed by atoms with Gasteiger partial charge >= 0.3 is 0 Å². The Bertz CT molecular complexity index is 954. The average Bonchev–Trinajstić information content (AvgIpc) is 3.19. The van der Waals surface area contributed by atoms with Gasteiger partial charge in [-0.3, -0.25) is 19.3 Å². The van der Waals surface area contributed by atoms with Crippen molar-refractivity contribution in [3.8, 4) is 0 Å². The monoisotopic (exact) mass is 426 g/mol. The van der Waals surface area contributed by atoms with Crippen molar-refractivity contribution in [3.05, 3.63) is 63.1 Å². The van der Waals surface area contributed by atoms with Gasteiger partial charge < -0.3 is 5.32 Å². The Morgan fingerprint density at radius 2 is 1.78 bits per heavy atom. The van der Waals surface area contributed by atoms with E-state index in [0.29, 0.717) is 17.5 Å². The van der Waals surface area contributed by atoms with Crippen molar-refractivity contribution < 1.29 is 14.4 Å². The van der Waals surface area contributed by atoms with Crippen LogP contribution in [0.25, 0.3) is 0 Å². The molecule has 1 aliphatic carbocycles. The van der Waals surface area contributed by atoms with Crippen molar-refractivity contribution in [1.29, 1.82) is 0 Å². The SMILES string of the molecule is O=C(CCCN1C(=O)c2ccc(Br)cc2C1=O)Nc1ccc2c(c1)CCC2. The Labute approximate surface area is 165 Å². The Morgan fingerprint density at radius 3 is 2.63 bits per heavy atom. The molecule has 0 aromatic heterocycles. The topological polar surface area (TPSA) is 66.5 Å². The fourth-order valence-corrected chi connectivity index (χ4v) is 4.10. The highest BCUT2D eigenvalue weighted by molar-refractivity contribution is 9.10. The van der Waals surface area contributed by atoms with Crippen molar-refractivity contribution in [3.63, 3.8) is 0 Å². The van der Waals surface area contributed by atoms with Crippen molar-refractivity contribution in [2.45, 2.75) is 32.1 Å². The molecule has 0 spiro atoms. The lowest BCUT2D eigenvalue weighted by Gasteiger charge is -2.13. The minimum absolute atomic E-state index is 0.104. The summed E-state index contributed by atoms with van der Waals surface area (Å²) in [5, 5.41) is 2.91. The van der Waals surface area contributed by atoms with Crippen molar-refractivity contribution in [1.82, 2.24) is 4.90 Å². The van der Waals surface area contributed by atoms with E-state index in [9.17, 15) is 14.4 Å². The van der Waals surface area contributed by atoms with Crippen LogP contribution in [0.3, 0.4) is 0 Å². The van der Waals surface area contributed by atoms with E-state index in [-0.39, 0.29) is 30.7 Å². The van der Waals surface area contributed by atoms with Gasteiger partial charge in [-0.05, 0) is 67.1 Å². The largest absolute Gasteiger partial charge is 0.326 e. The summed E-state index contributed by atoms with van der Waals surface area (Å²) < 4.78 is 0.762. The number of halogens is 1. The number of benzene rings is 2. The third-order valence-electron chi connectivity index (χ3n) is 5.10. The van der Waals surface area contributed by atoms with Crippen LogP contribution in [-0.4, -0.2) is 29.2 Å². The number of nitrogens with zero attached hydrogens (tertiary/aromatic N) is 1. The van der Waals surface area contributed by atoms with E-state index in [4.69, 9.17) is 0 Å². The van der Waals surface area contributed by atoms with Crippen LogP contribution in [0.5, 0.6) is 0 Å². The molecule has 0 fully saturated rings. The highest BCUT2D eigenvalue weighted by Gasteiger charge is 2.35. The Morgan fingerprint density at radius 1 is 1.00 bits per heavy atom. The fraction of sp³-hybridized carbons (Fsp3) is 0.286. The van der Waals surface area contributed by atoms with Crippen LogP contribution in [0.1, 0.15) is 51.1 Å². The number of carbonyl (C=O) groups excluding carboxylic acids is 3. The smallest absolute Gasteiger partial charge is 0.261 e. The number of hydrogen-bond donors (Lipinski definition) is 1. The molecule has 2 aromatic carbocycles. The van der Waals surface area contributed by atoms with E-state index >= 15 is 0 Å². The van der Waals surface area contributed by atoms with Crippen LogP contribution in [0.15, 0.2) is 40.9 Å². The van der Waals surface area contributed by atoms with Crippen molar-refractivity contribution in [2.24, 2.45) is 0 Å². The van der Waals surface area contributed by atoms with Gasteiger partial charge in [0.2, 0.25) is 5.91 Å². The average molecular weight is 427 g/mol.